The molecule has 0 saturated carbocycles. The first-order valence-corrected chi connectivity index (χ1v) is 14.3. The third-order valence-electron chi connectivity index (χ3n) is 7.69. The average Bonchev–Trinajstić information content (AvgIpc) is 3.42. The zero-order chi connectivity index (χ0) is 27.6. The van der Waals surface area contributed by atoms with Gasteiger partial charge >= 0.3 is 6.03 Å². The largest absolute Gasteiger partial charge is 0.382 e. The Kier molecular flexibility index (Phi) is 5.79. The van der Waals surface area contributed by atoms with Gasteiger partial charge in [-0.15, -0.1) is 0 Å². The number of piperidine rings is 1. The van der Waals surface area contributed by atoms with E-state index >= 15 is 0 Å². The van der Waals surface area contributed by atoms with Crippen LogP contribution in [-0.4, -0.2) is 57.3 Å². The first-order chi connectivity index (χ1) is 18.5. The highest BCUT2D eigenvalue weighted by Crippen LogP contribution is 2.45. The second-order valence-electron chi connectivity index (χ2n) is 10.1. The molecule has 202 valence electrons. The average molecular weight is 554 g/mol. The summed E-state index contributed by atoms with van der Waals surface area (Å²) in [6.07, 6.45) is 6.75. The summed E-state index contributed by atoms with van der Waals surface area (Å²) >= 11 is 0. The van der Waals surface area contributed by atoms with Gasteiger partial charge in [0.2, 0.25) is 0 Å². The number of carbonyl (C=O) groups excluding carboxylic acids is 1. The number of primary amides is 1. The van der Waals surface area contributed by atoms with Crippen molar-refractivity contribution in [2.75, 3.05) is 12.0 Å². The molecule has 4 N–H and O–H groups in total. The van der Waals surface area contributed by atoms with Crippen LogP contribution in [0.3, 0.4) is 0 Å². The van der Waals surface area contributed by atoms with Crippen molar-refractivity contribution in [1.29, 1.82) is 0 Å². The summed E-state index contributed by atoms with van der Waals surface area (Å²) in [5.41, 5.74) is 14.3. The number of amides is 2. The number of pyridine rings is 1. The lowest BCUT2D eigenvalue weighted by molar-refractivity contribution is 0.144. The molecule has 3 aromatic heterocycles. The molecule has 0 aliphatic carbocycles. The van der Waals surface area contributed by atoms with Crippen molar-refractivity contribution in [3.05, 3.63) is 60.1 Å². The number of rotatable bonds is 4. The van der Waals surface area contributed by atoms with Crippen molar-refractivity contribution < 1.29 is 22.0 Å². The van der Waals surface area contributed by atoms with E-state index in [2.05, 4.69) is 10.1 Å². The zero-order valence-corrected chi connectivity index (χ0v) is 21.7. The smallest absolute Gasteiger partial charge is 0.315 e. The predicted molar refractivity (Wildman–Crippen MR) is 139 cm³/mol. The van der Waals surface area contributed by atoms with Crippen LogP contribution in [-0.2, 0) is 9.84 Å². The highest BCUT2D eigenvalue weighted by Gasteiger charge is 2.44. The monoisotopic (exact) mass is 553 g/mol. The number of hydrogen-bond donors (Lipinski definition) is 2. The maximum atomic E-state index is 14.3. The van der Waals surface area contributed by atoms with Crippen molar-refractivity contribution in [2.24, 2.45) is 5.73 Å². The number of nitrogens with zero attached hydrogens (tertiary/aromatic N) is 5. The number of nitrogens with two attached hydrogens (primary N) is 2. The summed E-state index contributed by atoms with van der Waals surface area (Å²) in [5, 5.41) is 4.30. The van der Waals surface area contributed by atoms with Gasteiger partial charge in [-0.05, 0) is 43.9 Å². The topological polar surface area (TPSA) is 150 Å². The zero-order valence-electron chi connectivity index (χ0n) is 20.9. The number of nitrogen functional groups attached to an aromatic ring is 1. The van der Waals surface area contributed by atoms with E-state index in [1.807, 2.05) is 0 Å². The Bertz CT molecular complexity index is 1730. The van der Waals surface area contributed by atoms with E-state index in [0.29, 0.717) is 41.0 Å². The third kappa shape index (κ3) is 4.17. The highest BCUT2D eigenvalue weighted by molar-refractivity contribution is 7.91. The normalized spacial score (nSPS) is 21.0. The fraction of sp³-hybridized carbons (Fsp3) is 0.308. The highest BCUT2D eigenvalue weighted by atomic mass is 32.2. The Morgan fingerprint density at radius 3 is 2.36 bits per heavy atom. The molecule has 5 heterocycles. The maximum Gasteiger partial charge on any atom is 0.315 e. The van der Waals surface area contributed by atoms with Crippen molar-refractivity contribution in [1.82, 2.24) is 24.5 Å². The lowest BCUT2D eigenvalue weighted by atomic mass is 9.88. The lowest BCUT2D eigenvalue weighted by Gasteiger charge is -2.38. The summed E-state index contributed by atoms with van der Waals surface area (Å²) in [5.74, 6) is -1.71. The molecular formula is C26H25F2N7O3S. The Morgan fingerprint density at radius 1 is 1.05 bits per heavy atom. The van der Waals surface area contributed by atoms with Crippen LogP contribution in [0.4, 0.5) is 19.4 Å². The third-order valence-corrected chi connectivity index (χ3v) is 8.85. The SMILES string of the molecule is CS(=O)(=O)c1c(C2CC3CC[C@@H](C2)N3C(N)=O)nc2c(-c3ccc(-c4ccc(F)cc4F)nc3)cnn2c1N. The van der Waals surface area contributed by atoms with Crippen molar-refractivity contribution in [3.8, 4) is 22.4 Å². The molecule has 4 aromatic rings. The second kappa shape index (κ2) is 8.97. The van der Waals surface area contributed by atoms with Crippen molar-refractivity contribution >= 4 is 27.3 Å². The van der Waals surface area contributed by atoms with Gasteiger partial charge in [0.15, 0.2) is 15.5 Å². The predicted octanol–water partition coefficient (Wildman–Crippen LogP) is 3.51. The molecular weight excluding hydrogens is 528 g/mol. The van der Waals surface area contributed by atoms with E-state index in [4.69, 9.17) is 16.5 Å². The minimum atomic E-state index is -3.78. The molecule has 2 unspecified atom stereocenters. The number of fused-ring (bicyclic) bond motifs is 3. The van der Waals surface area contributed by atoms with Crippen LogP contribution < -0.4 is 11.5 Å². The van der Waals surface area contributed by atoms with Gasteiger partial charge in [-0.1, -0.05) is 6.07 Å². The number of carbonyl (C=O) groups is 1. The second-order valence-corrected chi connectivity index (χ2v) is 12.1. The van der Waals surface area contributed by atoms with Crippen LogP contribution in [0, 0.1) is 11.6 Å². The van der Waals surface area contributed by atoms with Gasteiger partial charge in [-0.25, -0.2) is 27.0 Å². The number of sulfone groups is 1. The molecule has 13 heteroatoms. The molecule has 39 heavy (non-hydrogen) atoms. The van der Waals surface area contributed by atoms with Crippen LogP contribution in [0.1, 0.15) is 37.3 Å². The van der Waals surface area contributed by atoms with Gasteiger partial charge in [-0.2, -0.15) is 9.61 Å². The molecule has 2 aliphatic heterocycles. The van der Waals surface area contributed by atoms with Crippen LogP contribution >= 0.6 is 0 Å². The summed E-state index contributed by atoms with van der Waals surface area (Å²) in [4.78, 5) is 22.8. The quantitative estimate of drug-likeness (QED) is 0.393. The summed E-state index contributed by atoms with van der Waals surface area (Å²) < 4.78 is 54.7. The molecule has 3 atom stereocenters. The minimum absolute atomic E-state index is 0.0496. The number of hydrogen-bond acceptors (Lipinski definition) is 7. The van der Waals surface area contributed by atoms with E-state index < -0.39 is 27.5 Å². The first-order valence-electron chi connectivity index (χ1n) is 12.4. The molecule has 2 bridgehead atoms. The fourth-order valence-corrected chi connectivity index (χ4v) is 7.11. The van der Waals surface area contributed by atoms with E-state index in [0.717, 1.165) is 31.2 Å². The van der Waals surface area contributed by atoms with Gasteiger partial charge in [0.25, 0.3) is 0 Å². The fourth-order valence-electron chi connectivity index (χ4n) is 6.05. The Balaban J connectivity index is 1.44. The molecule has 2 aliphatic rings. The Morgan fingerprint density at radius 2 is 1.77 bits per heavy atom. The van der Waals surface area contributed by atoms with Crippen LogP contribution in [0.15, 0.2) is 47.6 Å². The number of halogens is 2. The number of benzene rings is 1. The molecule has 0 radical (unpaired) electrons. The van der Waals surface area contributed by atoms with Gasteiger partial charge < -0.3 is 16.4 Å². The van der Waals surface area contributed by atoms with E-state index in [1.54, 1.807) is 17.0 Å². The lowest BCUT2D eigenvalue weighted by Crippen LogP contribution is -2.48. The summed E-state index contributed by atoms with van der Waals surface area (Å²) in [6.45, 7) is 0. The molecule has 2 amide bonds. The maximum absolute atomic E-state index is 14.3. The van der Waals surface area contributed by atoms with Crippen LogP contribution in [0.25, 0.3) is 28.0 Å². The Labute approximate surface area is 222 Å². The van der Waals surface area contributed by atoms with Gasteiger partial charge in [0, 0.05) is 53.2 Å². The molecule has 0 spiro atoms. The molecule has 2 fully saturated rings. The van der Waals surface area contributed by atoms with E-state index in [-0.39, 0.29) is 34.3 Å². The number of aromatic nitrogens is 4. The Hall–Kier alpha value is -4.13. The minimum Gasteiger partial charge on any atom is -0.382 e. The van der Waals surface area contributed by atoms with Gasteiger partial charge in [0.05, 0.1) is 17.6 Å². The molecule has 1 aromatic carbocycles. The van der Waals surface area contributed by atoms with Crippen molar-refractivity contribution in [3.63, 3.8) is 0 Å². The van der Waals surface area contributed by atoms with E-state index in [9.17, 15) is 22.0 Å². The summed E-state index contributed by atoms with van der Waals surface area (Å²) in [6, 6.07) is 5.92. The number of anilines is 1. The molecule has 2 saturated heterocycles. The van der Waals surface area contributed by atoms with Crippen molar-refractivity contribution in [2.45, 2.75) is 48.6 Å². The standard InChI is InChI=1S/C26H25F2N7O3S/c1-39(37,38)23-22(14-8-16-4-5-17(9-14)34(16)26(30)36)33-25-19(12-32-35(25)24(23)29)13-2-7-21(31-11-13)18-6-3-15(27)10-20(18)28/h2-3,6-7,10-12,14,16-17H,4-5,8-9,29H2,1H3,(H2,30,36)/t14?,16-,17?/m0/s1. The first kappa shape index (κ1) is 25.2. The molecule has 10 nitrogen and oxygen atoms in total. The van der Waals surface area contributed by atoms with Gasteiger partial charge in [0.1, 0.15) is 22.3 Å². The molecule has 6 rings (SSSR count). The summed E-state index contributed by atoms with van der Waals surface area (Å²) in [7, 11) is -3.78. The van der Waals surface area contributed by atoms with E-state index in [1.165, 1.54) is 23.0 Å². The number of urea groups is 1. The van der Waals surface area contributed by atoms with Gasteiger partial charge in [-0.3, -0.25) is 4.98 Å². The van der Waals surface area contributed by atoms with Crippen LogP contribution in [0.5, 0.6) is 0 Å². The van der Waals surface area contributed by atoms with Crippen LogP contribution in [0.2, 0.25) is 0 Å².